The Morgan fingerprint density at radius 2 is 2.06 bits per heavy atom. The van der Waals surface area contributed by atoms with Gasteiger partial charge in [0.1, 0.15) is 0 Å². The molecule has 0 aromatic heterocycles. The number of carbonyl (C=O) groups excluding carboxylic acids is 2. The Labute approximate surface area is 109 Å². The Morgan fingerprint density at radius 1 is 1.44 bits per heavy atom. The highest BCUT2D eigenvalue weighted by Crippen LogP contribution is 2.32. The van der Waals surface area contributed by atoms with Crippen molar-refractivity contribution in [2.75, 3.05) is 13.1 Å². The summed E-state index contributed by atoms with van der Waals surface area (Å²) in [4.78, 5) is 23.9. The first-order valence-corrected chi connectivity index (χ1v) is 6.66. The molecule has 1 fully saturated rings. The van der Waals surface area contributed by atoms with Crippen LogP contribution < -0.4 is 5.32 Å². The minimum absolute atomic E-state index is 0.220. The lowest BCUT2D eigenvalue weighted by molar-refractivity contribution is -0.169. The predicted octanol–water partition coefficient (Wildman–Crippen LogP) is 2.05. The van der Waals surface area contributed by atoms with E-state index in [0.717, 1.165) is 25.9 Å². The number of nitrogens with one attached hydrogen (secondary N) is 1. The monoisotopic (exact) mass is 253 g/mol. The fourth-order valence-corrected chi connectivity index (χ4v) is 2.21. The van der Waals surface area contributed by atoms with Gasteiger partial charge in [0.15, 0.2) is 0 Å². The first kappa shape index (κ1) is 14.9. The molecule has 1 heterocycles. The van der Waals surface area contributed by atoms with Gasteiger partial charge in [-0.15, -0.1) is 6.58 Å². The fraction of sp³-hybridized carbons (Fsp3) is 0.714. The second kappa shape index (κ2) is 6.69. The smallest absolute Gasteiger partial charge is 0.323 e. The van der Waals surface area contributed by atoms with E-state index in [0.29, 0.717) is 12.8 Å². The fourth-order valence-electron chi connectivity index (χ4n) is 2.21. The van der Waals surface area contributed by atoms with Gasteiger partial charge in [-0.2, -0.15) is 0 Å². The molecule has 1 aliphatic heterocycles. The number of piperidine rings is 1. The molecule has 0 unspecified atom stereocenters. The first-order chi connectivity index (χ1) is 8.55. The van der Waals surface area contributed by atoms with Crippen molar-refractivity contribution in [2.45, 2.75) is 39.5 Å². The molecule has 0 aliphatic carbocycles. The maximum Gasteiger partial charge on any atom is 0.323 e. The molecule has 1 aliphatic rings. The highest BCUT2D eigenvalue weighted by atomic mass is 16.6. The van der Waals surface area contributed by atoms with Crippen LogP contribution in [-0.2, 0) is 14.3 Å². The van der Waals surface area contributed by atoms with Crippen molar-refractivity contribution in [3.8, 4) is 0 Å². The molecule has 0 amide bonds. The second-order valence-corrected chi connectivity index (χ2v) is 5.01. The molecule has 0 aromatic rings. The third kappa shape index (κ3) is 3.42. The quantitative estimate of drug-likeness (QED) is 0.463. The lowest BCUT2D eigenvalue weighted by Gasteiger charge is -2.32. The summed E-state index contributed by atoms with van der Waals surface area (Å²) in [5, 5.41) is 3.18. The van der Waals surface area contributed by atoms with Crippen LogP contribution in [-0.4, -0.2) is 25.0 Å². The minimum atomic E-state index is -0.688. The van der Waals surface area contributed by atoms with E-state index in [1.165, 1.54) is 0 Å². The van der Waals surface area contributed by atoms with Crippen LogP contribution in [0, 0.1) is 11.3 Å². The summed E-state index contributed by atoms with van der Waals surface area (Å²) in [6.45, 7) is 9.02. The molecule has 1 saturated heterocycles. The van der Waals surface area contributed by atoms with Gasteiger partial charge in [-0.25, -0.2) is 0 Å². The lowest BCUT2D eigenvalue weighted by Crippen LogP contribution is -2.42. The number of carbonyl (C=O) groups is 2. The molecule has 4 heteroatoms. The summed E-state index contributed by atoms with van der Waals surface area (Å²) in [6, 6.07) is 0. The van der Waals surface area contributed by atoms with E-state index in [2.05, 4.69) is 11.9 Å². The molecule has 0 aromatic carbocycles. The minimum Gasteiger partial charge on any atom is -0.392 e. The second-order valence-electron chi connectivity index (χ2n) is 5.01. The summed E-state index contributed by atoms with van der Waals surface area (Å²) < 4.78 is 5.02. The van der Waals surface area contributed by atoms with Gasteiger partial charge in [0.2, 0.25) is 0 Å². The third-order valence-electron chi connectivity index (χ3n) is 3.61. The van der Waals surface area contributed by atoms with Gasteiger partial charge in [0.05, 0.1) is 11.3 Å². The van der Waals surface area contributed by atoms with Crippen molar-refractivity contribution in [1.82, 2.24) is 5.32 Å². The van der Waals surface area contributed by atoms with Crippen molar-refractivity contribution in [1.29, 1.82) is 0 Å². The van der Waals surface area contributed by atoms with Gasteiger partial charge in [0.25, 0.3) is 0 Å². The Kier molecular flexibility index (Phi) is 5.54. The maximum absolute atomic E-state index is 12.1. The molecule has 18 heavy (non-hydrogen) atoms. The highest BCUT2D eigenvalue weighted by Gasteiger charge is 2.39. The SMILES string of the molecule is C=CC1(C(=O)OC(=O)[C@@H](C)CCC)CCNCC1. The van der Waals surface area contributed by atoms with E-state index in [1.807, 2.05) is 6.92 Å². The Bertz CT molecular complexity index is 319. The van der Waals surface area contributed by atoms with Crippen molar-refractivity contribution < 1.29 is 14.3 Å². The van der Waals surface area contributed by atoms with E-state index in [4.69, 9.17) is 4.74 Å². The summed E-state index contributed by atoms with van der Waals surface area (Å²) in [5.41, 5.74) is -0.688. The zero-order valence-electron chi connectivity index (χ0n) is 11.3. The standard InChI is InChI=1S/C14H23NO3/c1-4-6-11(3)12(16)18-13(17)14(5-2)7-9-15-10-8-14/h5,11,15H,2,4,6-10H2,1,3H3/t11-/m0/s1. The molecule has 102 valence electrons. The average Bonchev–Trinajstić information content (AvgIpc) is 2.39. The van der Waals surface area contributed by atoms with Crippen molar-refractivity contribution in [2.24, 2.45) is 11.3 Å². The van der Waals surface area contributed by atoms with E-state index in [1.54, 1.807) is 13.0 Å². The molecule has 0 radical (unpaired) electrons. The number of hydrogen-bond acceptors (Lipinski definition) is 4. The molecule has 0 bridgehead atoms. The van der Waals surface area contributed by atoms with Gasteiger partial charge in [-0.05, 0) is 32.4 Å². The molecular weight excluding hydrogens is 230 g/mol. The summed E-state index contributed by atoms with van der Waals surface area (Å²) >= 11 is 0. The van der Waals surface area contributed by atoms with E-state index < -0.39 is 17.4 Å². The molecule has 1 atom stereocenters. The van der Waals surface area contributed by atoms with E-state index >= 15 is 0 Å². The topological polar surface area (TPSA) is 55.4 Å². The molecule has 1 rings (SSSR count). The number of hydrogen-bond donors (Lipinski definition) is 1. The molecular formula is C14H23NO3. The van der Waals surface area contributed by atoms with Crippen LogP contribution in [0.1, 0.15) is 39.5 Å². The van der Waals surface area contributed by atoms with Gasteiger partial charge < -0.3 is 10.1 Å². The van der Waals surface area contributed by atoms with Crippen LogP contribution in [0.4, 0.5) is 0 Å². The van der Waals surface area contributed by atoms with Gasteiger partial charge >= 0.3 is 11.9 Å². The first-order valence-electron chi connectivity index (χ1n) is 6.66. The molecule has 4 nitrogen and oxygen atoms in total. The van der Waals surface area contributed by atoms with Gasteiger partial charge in [-0.1, -0.05) is 26.3 Å². The van der Waals surface area contributed by atoms with Crippen LogP contribution in [0.15, 0.2) is 12.7 Å². The molecule has 1 N–H and O–H groups in total. The van der Waals surface area contributed by atoms with Gasteiger partial charge in [-0.3, -0.25) is 9.59 Å². The zero-order chi connectivity index (χ0) is 13.6. The number of rotatable bonds is 5. The van der Waals surface area contributed by atoms with E-state index in [-0.39, 0.29) is 5.92 Å². The van der Waals surface area contributed by atoms with E-state index in [9.17, 15) is 9.59 Å². The van der Waals surface area contributed by atoms with Gasteiger partial charge in [0, 0.05) is 0 Å². The number of ether oxygens (including phenoxy) is 1. The summed E-state index contributed by atoms with van der Waals surface area (Å²) in [5.74, 6) is -1.07. The summed E-state index contributed by atoms with van der Waals surface area (Å²) in [6.07, 6.45) is 4.57. The Hall–Kier alpha value is -1.16. The van der Waals surface area contributed by atoms with Crippen molar-refractivity contribution >= 4 is 11.9 Å². The Balaban J connectivity index is 2.62. The summed E-state index contributed by atoms with van der Waals surface area (Å²) in [7, 11) is 0. The number of esters is 2. The van der Waals surface area contributed by atoms with Crippen LogP contribution in [0.3, 0.4) is 0 Å². The largest absolute Gasteiger partial charge is 0.392 e. The Morgan fingerprint density at radius 3 is 2.56 bits per heavy atom. The third-order valence-corrected chi connectivity index (χ3v) is 3.61. The van der Waals surface area contributed by atoms with Crippen LogP contribution in [0.5, 0.6) is 0 Å². The van der Waals surface area contributed by atoms with Crippen LogP contribution >= 0.6 is 0 Å². The van der Waals surface area contributed by atoms with Crippen LogP contribution in [0.2, 0.25) is 0 Å². The maximum atomic E-state index is 12.1. The average molecular weight is 253 g/mol. The zero-order valence-corrected chi connectivity index (χ0v) is 11.3. The highest BCUT2D eigenvalue weighted by molar-refractivity contribution is 5.90. The van der Waals surface area contributed by atoms with Crippen molar-refractivity contribution in [3.63, 3.8) is 0 Å². The van der Waals surface area contributed by atoms with Crippen LogP contribution in [0.25, 0.3) is 0 Å². The predicted molar refractivity (Wildman–Crippen MR) is 69.9 cm³/mol. The lowest BCUT2D eigenvalue weighted by atomic mass is 9.79. The van der Waals surface area contributed by atoms with Crippen molar-refractivity contribution in [3.05, 3.63) is 12.7 Å². The molecule has 0 saturated carbocycles. The normalized spacial score (nSPS) is 19.9. The molecule has 0 spiro atoms.